The molecule has 3 rings (SSSR count). The van der Waals surface area contributed by atoms with E-state index in [4.69, 9.17) is 4.74 Å². The van der Waals surface area contributed by atoms with Crippen LogP contribution in [0.25, 0.3) is 0 Å². The van der Waals surface area contributed by atoms with Crippen LogP contribution in [0.3, 0.4) is 0 Å². The summed E-state index contributed by atoms with van der Waals surface area (Å²) >= 11 is 0. The fraction of sp³-hybridized carbons (Fsp3) is 0.667. The summed E-state index contributed by atoms with van der Waals surface area (Å²) in [6.45, 7) is 7.85. The molecular weight excluding hydrogens is 262 g/mol. The molecule has 1 saturated heterocycles. The third-order valence-corrected chi connectivity index (χ3v) is 5.37. The van der Waals surface area contributed by atoms with Crippen LogP contribution in [0.2, 0.25) is 0 Å². The molecule has 0 aromatic heterocycles. The Morgan fingerprint density at radius 3 is 2.76 bits per heavy atom. The van der Waals surface area contributed by atoms with Crippen LogP contribution in [-0.2, 0) is 11.2 Å². The standard InChI is InChI=1S/C18H27NO2/c1-12(4-5-13-6-8-14(20)9-7-13)19-16-15-10-11-21-17(15)18(16,2)3/h6-9,12,15-17,19-20H,4-5,10-11H2,1-3H3. The van der Waals surface area contributed by atoms with E-state index in [1.54, 1.807) is 12.1 Å². The van der Waals surface area contributed by atoms with E-state index in [1.165, 1.54) is 12.0 Å². The van der Waals surface area contributed by atoms with Gasteiger partial charge in [-0.15, -0.1) is 0 Å². The van der Waals surface area contributed by atoms with E-state index in [0.717, 1.165) is 19.4 Å². The largest absolute Gasteiger partial charge is 0.508 e. The summed E-state index contributed by atoms with van der Waals surface area (Å²) in [6, 6.07) is 8.64. The Morgan fingerprint density at radius 2 is 2.05 bits per heavy atom. The fourth-order valence-corrected chi connectivity index (χ4v) is 4.10. The van der Waals surface area contributed by atoms with Crippen LogP contribution in [0, 0.1) is 11.3 Å². The molecule has 1 aliphatic carbocycles. The van der Waals surface area contributed by atoms with Crippen molar-refractivity contribution in [3.63, 3.8) is 0 Å². The van der Waals surface area contributed by atoms with E-state index < -0.39 is 0 Å². The van der Waals surface area contributed by atoms with Gasteiger partial charge in [-0.05, 0) is 43.9 Å². The number of hydrogen-bond donors (Lipinski definition) is 2. The van der Waals surface area contributed by atoms with Crippen LogP contribution in [0.1, 0.15) is 39.2 Å². The van der Waals surface area contributed by atoms with Crippen molar-refractivity contribution in [2.24, 2.45) is 11.3 Å². The summed E-state index contributed by atoms with van der Waals surface area (Å²) in [5, 5.41) is 13.1. The Bertz CT molecular complexity index is 482. The maximum absolute atomic E-state index is 9.31. The van der Waals surface area contributed by atoms with E-state index in [1.807, 2.05) is 12.1 Å². The van der Waals surface area contributed by atoms with E-state index in [2.05, 4.69) is 26.1 Å². The molecule has 21 heavy (non-hydrogen) atoms. The van der Waals surface area contributed by atoms with Crippen LogP contribution in [0.5, 0.6) is 5.75 Å². The molecule has 0 amide bonds. The topological polar surface area (TPSA) is 41.5 Å². The van der Waals surface area contributed by atoms with E-state index in [9.17, 15) is 5.11 Å². The number of rotatable bonds is 5. The summed E-state index contributed by atoms with van der Waals surface area (Å²) < 4.78 is 5.86. The SMILES string of the molecule is CC(CCc1ccc(O)cc1)NC1C2CCOC2C1(C)C. The van der Waals surface area contributed by atoms with Crippen molar-refractivity contribution in [1.82, 2.24) is 5.32 Å². The molecule has 116 valence electrons. The normalized spacial score (nSPS) is 31.5. The number of fused-ring (bicyclic) bond motifs is 1. The van der Waals surface area contributed by atoms with Crippen LogP contribution < -0.4 is 5.32 Å². The molecule has 3 nitrogen and oxygen atoms in total. The van der Waals surface area contributed by atoms with Crippen molar-refractivity contribution in [2.45, 2.75) is 58.2 Å². The van der Waals surface area contributed by atoms with Gasteiger partial charge in [-0.25, -0.2) is 0 Å². The van der Waals surface area contributed by atoms with E-state index in [-0.39, 0.29) is 5.41 Å². The quantitative estimate of drug-likeness (QED) is 0.875. The molecule has 2 aliphatic rings. The Labute approximate surface area is 127 Å². The van der Waals surface area contributed by atoms with Crippen molar-refractivity contribution >= 4 is 0 Å². The second-order valence-electron chi connectivity index (χ2n) is 7.32. The summed E-state index contributed by atoms with van der Waals surface area (Å²) in [6.07, 6.45) is 3.83. The molecular formula is C18H27NO2. The molecule has 4 unspecified atom stereocenters. The lowest BCUT2D eigenvalue weighted by atomic mass is 9.57. The van der Waals surface area contributed by atoms with Gasteiger partial charge in [0.1, 0.15) is 5.75 Å². The van der Waals surface area contributed by atoms with Gasteiger partial charge in [0.05, 0.1) is 6.10 Å². The second kappa shape index (κ2) is 5.62. The number of aryl methyl sites for hydroxylation is 1. The third kappa shape index (κ3) is 2.82. The minimum Gasteiger partial charge on any atom is -0.508 e. The van der Waals surface area contributed by atoms with Crippen molar-refractivity contribution in [3.05, 3.63) is 29.8 Å². The number of ether oxygens (including phenoxy) is 1. The van der Waals surface area contributed by atoms with Crippen LogP contribution >= 0.6 is 0 Å². The molecule has 1 aliphatic heterocycles. The highest BCUT2D eigenvalue weighted by Crippen LogP contribution is 2.52. The molecule has 4 atom stereocenters. The van der Waals surface area contributed by atoms with Crippen molar-refractivity contribution in [3.8, 4) is 5.75 Å². The van der Waals surface area contributed by atoms with Crippen molar-refractivity contribution in [2.75, 3.05) is 6.61 Å². The molecule has 1 aromatic rings. The Hall–Kier alpha value is -1.06. The van der Waals surface area contributed by atoms with Gasteiger partial charge in [0.25, 0.3) is 0 Å². The smallest absolute Gasteiger partial charge is 0.115 e. The molecule has 1 saturated carbocycles. The predicted octanol–water partition coefficient (Wildman–Crippen LogP) is 3.12. The maximum Gasteiger partial charge on any atom is 0.115 e. The summed E-state index contributed by atoms with van der Waals surface area (Å²) in [5.74, 6) is 1.05. The van der Waals surface area contributed by atoms with Gasteiger partial charge in [-0.2, -0.15) is 0 Å². The molecule has 0 radical (unpaired) electrons. The first-order chi connectivity index (χ1) is 9.98. The predicted molar refractivity (Wildman–Crippen MR) is 84.4 cm³/mol. The molecule has 2 N–H and O–H groups in total. The van der Waals surface area contributed by atoms with Gasteiger partial charge in [0, 0.05) is 30.0 Å². The molecule has 0 spiro atoms. The lowest BCUT2D eigenvalue weighted by Gasteiger charge is -2.55. The third-order valence-electron chi connectivity index (χ3n) is 5.37. The van der Waals surface area contributed by atoms with E-state index >= 15 is 0 Å². The van der Waals surface area contributed by atoms with E-state index in [0.29, 0.717) is 29.9 Å². The van der Waals surface area contributed by atoms with Gasteiger partial charge in [0.2, 0.25) is 0 Å². The highest BCUT2D eigenvalue weighted by molar-refractivity contribution is 5.26. The van der Waals surface area contributed by atoms with Gasteiger partial charge in [-0.3, -0.25) is 0 Å². The zero-order chi connectivity index (χ0) is 15.0. The van der Waals surface area contributed by atoms with Crippen molar-refractivity contribution in [1.29, 1.82) is 0 Å². The minimum atomic E-state index is 0.258. The number of phenolic OH excluding ortho intramolecular Hbond substituents is 1. The number of nitrogens with one attached hydrogen (secondary N) is 1. The summed E-state index contributed by atoms with van der Waals surface area (Å²) in [4.78, 5) is 0. The second-order valence-corrected chi connectivity index (χ2v) is 7.32. The maximum atomic E-state index is 9.31. The van der Waals surface area contributed by atoms with Crippen LogP contribution in [0.15, 0.2) is 24.3 Å². The molecule has 1 heterocycles. The monoisotopic (exact) mass is 289 g/mol. The molecule has 2 fully saturated rings. The average Bonchev–Trinajstić information content (AvgIpc) is 2.91. The Kier molecular flexibility index (Phi) is 3.98. The van der Waals surface area contributed by atoms with Gasteiger partial charge < -0.3 is 15.2 Å². The fourth-order valence-electron chi connectivity index (χ4n) is 4.10. The summed E-state index contributed by atoms with van der Waals surface area (Å²) in [5.41, 5.74) is 1.55. The zero-order valence-electron chi connectivity index (χ0n) is 13.3. The molecule has 0 bridgehead atoms. The molecule has 1 aromatic carbocycles. The Morgan fingerprint density at radius 1 is 1.33 bits per heavy atom. The first-order valence-corrected chi connectivity index (χ1v) is 8.14. The zero-order valence-corrected chi connectivity index (χ0v) is 13.3. The number of phenols is 1. The van der Waals surface area contributed by atoms with Crippen LogP contribution in [-0.4, -0.2) is 29.9 Å². The van der Waals surface area contributed by atoms with Gasteiger partial charge >= 0.3 is 0 Å². The highest BCUT2D eigenvalue weighted by Gasteiger charge is 2.59. The minimum absolute atomic E-state index is 0.258. The first-order valence-electron chi connectivity index (χ1n) is 8.14. The lowest BCUT2D eigenvalue weighted by molar-refractivity contribution is -0.115. The summed E-state index contributed by atoms with van der Waals surface area (Å²) in [7, 11) is 0. The molecule has 3 heteroatoms. The van der Waals surface area contributed by atoms with Gasteiger partial charge in [0.15, 0.2) is 0 Å². The number of hydrogen-bond acceptors (Lipinski definition) is 3. The number of benzene rings is 1. The lowest BCUT2D eigenvalue weighted by Crippen LogP contribution is -2.67. The first kappa shape index (κ1) is 14.9. The number of aromatic hydroxyl groups is 1. The average molecular weight is 289 g/mol. The van der Waals surface area contributed by atoms with Crippen molar-refractivity contribution < 1.29 is 9.84 Å². The van der Waals surface area contributed by atoms with Crippen LogP contribution in [0.4, 0.5) is 0 Å². The Balaban J connectivity index is 1.50. The highest BCUT2D eigenvalue weighted by atomic mass is 16.5. The van der Waals surface area contributed by atoms with Gasteiger partial charge in [-0.1, -0.05) is 26.0 Å².